The smallest absolute Gasteiger partial charge is 0.127 e. The first-order chi connectivity index (χ1) is 7.90. The molecule has 3 N–H and O–H groups in total. The number of halogens is 2. The third-order valence-corrected chi connectivity index (χ3v) is 3.24. The van der Waals surface area contributed by atoms with Crippen LogP contribution < -0.4 is 11.3 Å². The van der Waals surface area contributed by atoms with Gasteiger partial charge in [-0.15, -0.1) is 0 Å². The fourth-order valence-corrected chi connectivity index (χ4v) is 1.71. The molecule has 5 heteroatoms. The van der Waals surface area contributed by atoms with Crippen molar-refractivity contribution in [2.75, 3.05) is 7.11 Å². The second-order valence-electron chi connectivity index (χ2n) is 4.47. The highest BCUT2D eigenvalue weighted by molar-refractivity contribution is 6.30. The minimum atomic E-state index is -0.485. The largest absolute Gasteiger partial charge is 0.377 e. The molecule has 1 unspecified atom stereocenters. The van der Waals surface area contributed by atoms with Gasteiger partial charge in [0.2, 0.25) is 0 Å². The van der Waals surface area contributed by atoms with Crippen LogP contribution in [0.3, 0.4) is 0 Å². The van der Waals surface area contributed by atoms with E-state index in [2.05, 4.69) is 5.43 Å². The molecule has 96 valence electrons. The Morgan fingerprint density at radius 3 is 2.65 bits per heavy atom. The third kappa shape index (κ3) is 3.64. The first kappa shape index (κ1) is 14.4. The predicted octanol–water partition coefficient (Wildman–Crippen LogP) is 2.28. The first-order valence-corrected chi connectivity index (χ1v) is 5.73. The molecule has 1 aromatic rings. The molecule has 17 heavy (non-hydrogen) atoms. The molecule has 0 bridgehead atoms. The molecule has 1 atom stereocenters. The lowest BCUT2D eigenvalue weighted by Gasteiger charge is -2.32. The normalized spacial score (nSPS) is 13.8. The number of methoxy groups -OCH3 is 1. The lowest BCUT2D eigenvalue weighted by Crippen LogP contribution is -2.52. The molecular formula is C12H18ClFN2O. The van der Waals surface area contributed by atoms with Crippen LogP contribution in [0, 0.1) is 5.82 Å². The molecule has 0 aliphatic rings. The van der Waals surface area contributed by atoms with Gasteiger partial charge in [0, 0.05) is 12.1 Å². The number of nitrogens with one attached hydrogen (secondary N) is 1. The Labute approximate surface area is 106 Å². The van der Waals surface area contributed by atoms with Crippen molar-refractivity contribution < 1.29 is 9.13 Å². The zero-order valence-corrected chi connectivity index (χ0v) is 11.0. The molecule has 1 aromatic carbocycles. The molecule has 0 radical (unpaired) electrons. The van der Waals surface area contributed by atoms with E-state index in [0.29, 0.717) is 17.0 Å². The number of hydrogen-bond donors (Lipinski definition) is 2. The van der Waals surface area contributed by atoms with Crippen molar-refractivity contribution in [2.24, 2.45) is 5.84 Å². The second-order valence-corrected chi connectivity index (χ2v) is 4.90. The first-order valence-electron chi connectivity index (χ1n) is 5.36. The summed E-state index contributed by atoms with van der Waals surface area (Å²) in [5.41, 5.74) is 2.73. The van der Waals surface area contributed by atoms with Crippen LogP contribution in [-0.4, -0.2) is 18.8 Å². The molecule has 0 saturated heterocycles. The van der Waals surface area contributed by atoms with Crippen molar-refractivity contribution >= 4 is 11.6 Å². The van der Waals surface area contributed by atoms with E-state index < -0.39 is 5.60 Å². The quantitative estimate of drug-likeness (QED) is 0.631. The Bertz CT molecular complexity index is 385. The highest BCUT2D eigenvalue weighted by Crippen LogP contribution is 2.21. The van der Waals surface area contributed by atoms with Crippen LogP contribution in [0.2, 0.25) is 5.02 Å². The Hall–Kier alpha value is -0.680. The standard InChI is InChI=1S/C12H18ClFN2O/c1-12(2,17-3)11(16-15)6-8-4-5-9(13)7-10(8)14/h4-5,7,11,16H,6,15H2,1-3H3. The van der Waals surface area contributed by atoms with Gasteiger partial charge in [-0.1, -0.05) is 17.7 Å². The van der Waals surface area contributed by atoms with E-state index >= 15 is 0 Å². The van der Waals surface area contributed by atoms with E-state index in [0.717, 1.165) is 0 Å². The fraction of sp³-hybridized carbons (Fsp3) is 0.500. The van der Waals surface area contributed by atoms with Crippen LogP contribution in [0.15, 0.2) is 18.2 Å². The Kier molecular flexibility index (Phi) is 4.89. The minimum Gasteiger partial charge on any atom is -0.377 e. The summed E-state index contributed by atoms with van der Waals surface area (Å²) in [5, 5.41) is 0.384. The molecule has 0 aliphatic carbocycles. The Balaban J connectivity index is 2.88. The van der Waals surface area contributed by atoms with Crippen molar-refractivity contribution in [3.63, 3.8) is 0 Å². The maximum Gasteiger partial charge on any atom is 0.127 e. The minimum absolute atomic E-state index is 0.192. The van der Waals surface area contributed by atoms with Gasteiger partial charge in [-0.2, -0.15) is 0 Å². The summed E-state index contributed by atoms with van der Waals surface area (Å²) >= 11 is 5.70. The van der Waals surface area contributed by atoms with Crippen molar-refractivity contribution in [3.05, 3.63) is 34.6 Å². The SMILES string of the molecule is COC(C)(C)C(Cc1ccc(Cl)cc1F)NN. The number of hydrazine groups is 1. The maximum absolute atomic E-state index is 13.6. The second kappa shape index (κ2) is 5.78. The molecule has 0 saturated carbocycles. The summed E-state index contributed by atoms with van der Waals surface area (Å²) < 4.78 is 19.0. The van der Waals surface area contributed by atoms with E-state index in [1.165, 1.54) is 6.07 Å². The number of rotatable bonds is 5. The maximum atomic E-state index is 13.6. The van der Waals surface area contributed by atoms with Gasteiger partial charge < -0.3 is 4.74 Å². The highest BCUT2D eigenvalue weighted by atomic mass is 35.5. The van der Waals surface area contributed by atoms with Crippen LogP contribution in [0.4, 0.5) is 4.39 Å². The van der Waals surface area contributed by atoms with Gasteiger partial charge in [0.05, 0.1) is 11.6 Å². The molecule has 0 fully saturated rings. The number of benzene rings is 1. The fourth-order valence-electron chi connectivity index (χ4n) is 1.55. The molecule has 0 amide bonds. The van der Waals surface area contributed by atoms with Crippen LogP contribution in [0.1, 0.15) is 19.4 Å². The monoisotopic (exact) mass is 260 g/mol. The third-order valence-electron chi connectivity index (χ3n) is 3.01. The lowest BCUT2D eigenvalue weighted by molar-refractivity contribution is -0.0102. The summed E-state index contributed by atoms with van der Waals surface area (Å²) in [5.74, 6) is 5.15. The Morgan fingerprint density at radius 2 is 2.18 bits per heavy atom. The number of ether oxygens (including phenoxy) is 1. The Morgan fingerprint density at radius 1 is 1.53 bits per heavy atom. The van der Waals surface area contributed by atoms with E-state index in [-0.39, 0.29) is 11.9 Å². The van der Waals surface area contributed by atoms with Gasteiger partial charge in [0.25, 0.3) is 0 Å². The van der Waals surface area contributed by atoms with E-state index in [4.69, 9.17) is 22.2 Å². The van der Waals surface area contributed by atoms with Crippen LogP contribution >= 0.6 is 11.6 Å². The van der Waals surface area contributed by atoms with Gasteiger partial charge in [-0.25, -0.2) is 4.39 Å². The summed E-state index contributed by atoms with van der Waals surface area (Å²) in [6.07, 6.45) is 0.431. The lowest BCUT2D eigenvalue weighted by atomic mass is 9.92. The van der Waals surface area contributed by atoms with Crippen LogP contribution in [0.25, 0.3) is 0 Å². The van der Waals surface area contributed by atoms with Crippen molar-refractivity contribution in [1.82, 2.24) is 5.43 Å². The van der Waals surface area contributed by atoms with Crippen LogP contribution in [-0.2, 0) is 11.2 Å². The predicted molar refractivity (Wildman–Crippen MR) is 67.3 cm³/mol. The van der Waals surface area contributed by atoms with Gasteiger partial charge in [-0.3, -0.25) is 11.3 Å². The molecule has 0 heterocycles. The van der Waals surface area contributed by atoms with Crippen molar-refractivity contribution in [1.29, 1.82) is 0 Å². The van der Waals surface area contributed by atoms with Gasteiger partial charge in [-0.05, 0) is 38.0 Å². The van der Waals surface area contributed by atoms with Crippen molar-refractivity contribution in [2.45, 2.75) is 31.9 Å². The number of nitrogens with two attached hydrogens (primary N) is 1. The van der Waals surface area contributed by atoms with Gasteiger partial charge in [0.15, 0.2) is 0 Å². The summed E-state index contributed by atoms with van der Waals surface area (Å²) in [6, 6.07) is 4.42. The molecule has 0 aromatic heterocycles. The molecule has 0 spiro atoms. The summed E-state index contributed by atoms with van der Waals surface area (Å²) in [7, 11) is 1.60. The number of hydrogen-bond acceptors (Lipinski definition) is 3. The summed E-state index contributed by atoms with van der Waals surface area (Å²) in [4.78, 5) is 0. The molecule has 3 nitrogen and oxygen atoms in total. The summed E-state index contributed by atoms with van der Waals surface area (Å²) in [6.45, 7) is 3.79. The average molecular weight is 261 g/mol. The van der Waals surface area contributed by atoms with Gasteiger partial charge >= 0.3 is 0 Å². The van der Waals surface area contributed by atoms with Crippen molar-refractivity contribution in [3.8, 4) is 0 Å². The highest BCUT2D eigenvalue weighted by Gasteiger charge is 2.29. The molecule has 1 rings (SSSR count). The zero-order valence-electron chi connectivity index (χ0n) is 10.3. The molecule has 0 aliphatic heterocycles. The topological polar surface area (TPSA) is 47.3 Å². The molecular weight excluding hydrogens is 243 g/mol. The zero-order chi connectivity index (χ0) is 13.1. The van der Waals surface area contributed by atoms with E-state index in [1.807, 2.05) is 13.8 Å². The van der Waals surface area contributed by atoms with E-state index in [9.17, 15) is 4.39 Å². The van der Waals surface area contributed by atoms with E-state index in [1.54, 1.807) is 19.2 Å². The van der Waals surface area contributed by atoms with Gasteiger partial charge in [0.1, 0.15) is 5.82 Å². The average Bonchev–Trinajstić information content (AvgIpc) is 2.27. The van der Waals surface area contributed by atoms with Crippen LogP contribution in [0.5, 0.6) is 0 Å².